The Labute approximate surface area is 86.3 Å². The number of hydrogen-bond acceptors (Lipinski definition) is 0. The van der Waals surface area contributed by atoms with E-state index in [1.54, 1.807) is 33.4 Å². The first kappa shape index (κ1) is 8.52. The van der Waals surface area contributed by atoms with Crippen molar-refractivity contribution >= 4 is 0 Å². The first-order valence-electron chi connectivity index (χ1n) is 5.75. The smallest absolute Gasteiger partial charge is 0.00144 e. The van der Waals surface area contributed by atoms with E-state index in [9.17, 15) is 0 Å². The molecule has 0 aromatic heterocycles. The number of fused-ring (bicyclic) bond motifs is 2. The van der Waals surface area contributed by atoms with E-state index < -0.39 is 0 Å². The van der Waals surface area contributed by atoms with Crippen LogP contribution < -0.4 is 0 Å². The van der Waals surface area contributed by atoms with E-state index in [-0.39, 0.29) is 0 Å². The van der Waals surface area contributed by atoms with Crippen LogP contribution in [0.3, 0.4) is 0 Å². The molecule has 0 fully saturated rings. The molecule has 1 aromatic rings. The molecule has 0 aliphatic heterocycles. The van der Waals surface area contributed by atoms with Crippen molar-refractivity contribution in [2.75, 3.05) is 0 Å². The Kier molecular flexibility index (Phi) is 1.47. The largest absolute Gasteiger partial charge is 0.0616 e. The maximum atomic E-state index is 2.40. The summed E-state index contributed by atoms with van der Waals surface area (Å²) >= 11 is 0. The van der Waals surface area contributed by atoms with Gasteiger partial charge in [0.05, 0.1) is 0 Å². The lowest BCUT2D eigenvalue weighted by atomic mass is 9.93. The molecule has 3 rings (SSSR count). The second-order valence-corrected chi connectivity index (χ2v) is 5.25. The van der Waals surface area contributed by atoms with Crippen molar-refractivity contribution in [3.8, 4) is 0 Å². The Balaban J connectivity index is 2.29. The Morgan fingerprint density at radius 3 is 2.29 bits per heavy atom. The summed E-state index contributed by atoms with van der Waals surface area (Å²) in [5.74, 6) is 1.64. The number of benzene rings is 1. The van der Waals surface area contributed by atoms with Gasteiger partial charge in [-0.2, -0.15) is 0 Å². The van der Waals surface area contributed by atoms with E-state index in [1.807, 2.05) is 0 Å². The molecule has 2 atom stereocenters. The van der Waals surface area contributed by atoms with Crippen LogP contribution >= 0.6 is 0 Å². The van der Waals surface area contributed by atoms with Gasteiger partial charge in [0.2, 0.25) is 0 Å². The number of rotatable bonds is 0. The second-order valence-electron chi connectivity index (χ2n) is 5.25. The van der Waals surface area contributed by atoms with Gasteiger partial charge in [0.25, 0.3) is 0 Å². The van der Waals surface area contributed by atoms with E-state index in [4.69, 9.17) is 0 Å². The van der Waals surface area contributed by atoms with E-state index in [2.05, 4.69) is 27.7 Å². The van der Waals surface area contributed by atoms with E-state index >= 15 is 0 Å². The van der Waals surface area contributed by atoms with Crippen LogP contribution in [0.1, 0.15) is 53.1 Å². The van der Waals surface area contributed by atoms with Crippen molar-refractivity contribution in [1.82, 2.24) is 0 Å². The molecule has 0 spiro atoms. The molecule has 0 radical (unpaired) electrons. The average Bonchev–Trinajstić information content (AvgIpc) is 2.88. The summed E-state index contributed by atoms with van der Waals surface area (Å²) in [7, 11) is 0. The molecular formula is C14H18. The maximum Gasteiger partial charge on any atom is -0.00144 e. The first-order valence-corrected chi connectivity index (χ1v) is 5.75. The molecule has 0 nitrogen and oxygen atoms in total. The molecule has 0 saturated heterocycles. The lowest BCUT2D eigenvalue weighted by Gasteiger charge is -2.12. The summed E-state index contributed by atoms with van der Waals surface area (Å²) in [5.41, 5.74) is 9.98. The quantitative estimate of drug-likeness (QED) is 0.590. The van der Waals surface area contributed by atoms with Crippen molar-refractivity contribution in [2.24, 2.45) is 5.92 Å². The molecule has 0 heterocycles. The Morgan fingerprint density at radius 2 is 1.57 bits per heavy atom. The summed E-state index contributed by atoms with van der Waals surface area (Å²) in [6, 6.07) is 0. The van der Waals surface area contributed by atoms with Gasteiger partial charge in [-0.1, -0.05) is 13.8 Å². The van der Waals surface area contributed by atoms with Crippen molar-refractivity contribution in [1.29, 1.82) is 0 Å². The topological polar surface area (TPSA) is 0 Å². The van der Waals surface area contributed by atoms with Crippen molar-refractivity contribution in [2.45, 2.75) is 46.5 Å². The van der Waals surface area contributed by atoms with Crippen molar-refractivity contribution in [3.05, 3.63) is 33.4 Å². The molecule has 2 unspecified atom stereocenters. The highest BCUT2D eigenvalue weighted by Gasteiger charge is 2.35. The molecular weight excluding hydrogens is 168 g/mol. The third-order valence-corrected chi connectivity index (χ3v) is 4.51. The molecule has 1 aromatic carbocycles. The van der Waals surface area contributed by atoms with E-state index in [0.29, 0.717) is 0 Å². The highest BCUT2D eigenvalue weighted by atomic mass is 14.4. The Bertz CT molecular complexity index is 426. The van der Waals surface area contributed by atoms with Crippen LogP contribution in [-0.2, 0) is 12.8 Å². The second kappa shape index (κ2) is 2.42. The minimum atomic E-state index is 0.787. The molecule has 0 bridgehead atoms. The van der Waals surface area contributed by atoms with Gasteiger partial charge in [-0.05, 0) is 71.9 Å². The van der Waals surface area contributed by atoms with Crippen LogP contribution in [0.15, 0.2) is 0 Å². The van der Waals surface area contributed by atoms with Gasteiger partial charge < -0.3 is 0 Å². The molecule has 0 heteroatoms. The lowest BCUT2D eigenvalue weighted by molar-refractivity contribution is 0.530. The molecule has 0 saturated carbocycles. The van der Waals surface area contributed by atoms with Gasteiger partial charge in [-0.25, -0.2) is 0 Å². The summed E-state index contributed by atoms with van der Waals surface area (Å²) in [4.78, 5) is 0. The van der Waals surface area contributed by atoms with E-state index in [1.165, 1.54) is 12.8 Å². The zero-order chi connectivity index (χ0) is 10.0. The standard InChI is InChI=1S/C14H18/c1-7-5-13-9(3)11-6-12(11)10(4)14(13)8(7)2/h7-8H,5-6H2,1-4H3. The van der Waals surface area contributed by atoms with Gasteiger partial charge in [0.15, 0.2) is 0 Å². The highest BCUT2D eigenvalue weighted by Crippen LogP contribution is 2.48. The fraction of sp³-hybridized carbons (Fsp3) is 0.571. The fourth-order valence-corrected chi connectivity index (χ4v) is 3.29. The van der Waals surface area contributed by atoms with Crippen LogP contribution in [0, 0.1) is 19.8 Å². The molecule has 2 aliphatic rings. The Morgan fingerprint density at radius 1 is 0.929 bits per heavy atom. The minimum absolute atomic E-state index is 0.787. The SMILES string of the molecule is Cc1c2c(c(C)c3c1CC(C)C3C)C2. The zero-order valence-electron chi connectivity index (χ0n) is 9.57. The summed E-state index contributed by atoms with van der Waals surface area (Å²) in [5, 5.41) is 0. The Hall–Kier alpha value is -0.780. The van der Waals surface area contributed by atoms with E-state index in [0.717, 1.165) is 11.8 Å². The van der Waals surface area contributed by atoms with Gasteiger partial charge in [0, 0.05) is 0 Å². The molecule has 0 amide bonds. The van der Waals surface area contributed by atoms with Gasteiger partial charge in [0.1, 0.15) is 0 Å². The molecule has 2 aliphatic carbocycles. The van der Waals surface area contributed by atoms with Crippen molar-refractivity contribution in [3.63, 3.8) is 0 Å². The fourth-order valence-electron chi connectivity index (χ4n) is 3.29. The summed E-state index contributed by atoms with van der Waals surface area (Å²) in [6.07, 6.45) is 2.60. The first-order chi connectivity index (χ1) is 6.61. The highest BCUT2D eigenvalue weighted by molar-refractivity contribution is 5.63. The van der Waals surface area contributed by atoms with Crippen LogP contribution in [-0.4, -0.2) is 0 Å². The van der Waals surface area contributed by atoms with Gasteiger partial charge in [-0.3, -0.25) is 0 Å². The lowest BCUT2D eigenvalue weighted by Crippen LogP contribution is -1.99. The van der Waals surface area contributed by atoms with Crippen molar-refractivity contribution < 1.29 is 0 Å². The number of hydrogen-bond donors (Lipinski definition) is 0. The molecule has 74 valence electrons. The third kappa shape index (κ3) is 0.846. The average molecular weight is 186 g/mol. The molecule has 0 N–H and O–H groups in total. The van der Waals surface area contributed by atoms with Crippen LogP contribution in [0.25, 0.3) is 0 Å². The normalized spacial score (nSPS) is 27.4. The summed E-state index contributed by atoms with van der Waals surface area (Å²) in [6.45, 7) is 9.45. The predicted octanol–water partition coefficient (Wildman–Crippen LogP) is 3.50. The maximum absolute atomic E-state index is 2.40. The predicted molar refractivity (Wildman–Crippen MR) is 60.0 cm³/mol. The molecule has 14 heavy (non-hydrogen) atoms. The zero-order valence-corrected chi connectivity index (χ0v) is 9.57. The van der Waals surface area contributed by atoms with Crippen LogP contribution in [0.2, 0.25) is 0 Å². The van der Waals surface area contributed by atoms with Gasteiger partial charge in [-0.15, -0.1) is 0 Å². The minimum Gasteiger partial charge on any atom is -0.0616 e. The van der Waals surface area contributed by atoms with Crippen LogP contribution in [0.4, 0.5) is 0 Å². The summed E-state index contributed by atoms with van der Waals surface area (Å²) < 4.78 is 0. The van der Waals surface area contributed by atoms with Crippen LogP contribution in [0.5, 0.6) is 0 Å². The van der Waals surface area contributed by atoms with Gasteiger partial charge >= 0.3 is 0 Å². The monoisotopic (exact) mass is 186 g/mol. The third-order valence-electron chi connectivity index (χ3n) is 4.51.